The summed E-state index contributed by atoms with van der Waals surface area (Å²) in [4.78, 5) is 19.1. The Morgan fingerprint density at radius 3 is 2.92 bits per heavy atom. The van der Waals surface area contributed by atoms with Crippen molar-refractivity contribution in [2.45, 2.75) is 32.2 Å². The van der Waals surface area contributed by atoms with Gasteiger partial charge in [0.1, 0.15) is 17.2 Å². The van der Waals surface area contributed by atoms with Gasteiger partial charge in [0.2, 0.25) is 6.41 Å². The molecule has 3 aromatic rings. The number of nitrogens with one attached hydrogen (secondary N) is 1. The number of benzene rings is 1. The molecule has 128 valence electrons. The van der Waals surface area contributed by atoms with Gasteiger partial charge in [-0.05, 0) is 44.0 Å². The fourth-order valence-corrected chi connectivity index (χ4v) is 3.72. The summed E-state index contributed by atoms with van der Waals surface area (Å²) >= 11 is 6.26. The topological polar surface area (TPSA) is 59.8 Å². The normalized spacial score (nSPS) is 15.4. The van der Waals surface area contributed by atoms with Gasteiger partial charge in [-0.25, -0.2) is 14.4 Å². The Morgan fingerprint density at radius 1 is 1.36 bits per heavy atom. The fourth-order valence-electron chi connectivity index (χ4n) is 3.51. The number of fused-ring (bicyclic) bond motifs is 3. The van der Waals surface area contributed by atoms with Gasteiger partial charge in [-0.15, -0.1) is 0 Å². The molecule has 0 saturated heterocycles. The number of hydrogen-bond donors (Lipinski definition) is 1. The summed E-state index contributed by atoms with van der Waals surface area (Å²) in [6.07, 6.45) is 3.78. The summed E-state index contributed by atoms with van der Waals surface area (Å²) in [5.41, 5.74) is 2.25. The third kappa shape index (κ3) is 2.48. The first-order valence-corrected chi connectivity index (χ1v) is 8.36. The number of imidazole rings is 1. The van der Waals surface area contributed by atoms with Crippen molar-refractivity contribution in [1.29, 1.82) is 0 Å². The fraction of sp³-hybridized carbons (Fsp3) is 0.278. The van der Waals surface area contributed by atoms with Gasteiger partial charge < -0.3 is 9.88 Å². The van der Waals surface area contributed by atoms with Crippen molar-refractivity contribution >= 4 is 34.9 Å². The van der Waals surface area contributed by atoms with Crippen molar-refractivity contribution in [1.82, 2.24) is 14.5 Å². The Hall–Kier alpha value is -2.47. The molecule has 4 rings (SSSR count). The monoisotopic (exact) mass is 358 g/mol. The second-order valence-electron chi connectivity index (χ2n) is 6.81. The minimum absolute atomic E-state index is 0.110. The third-order valence-electron chi connectivity index (χ3n) is 4.72. The Bertz CT molecular complexity index is 1010. The number of nitrogens with zero attached hydrogens (tertiary/aromatic N) is 3. The van der Waals surface area contributed by atoms with E-state index >= 15 is 0 Å². The average Bonchev–Trinajstić information content (AvgIpc) is 3.08. The Balaban J connectivity index is 1.95. The molecule has 1 amide bonds. The van der Waals surface area contributed by atoms with Crippen LogP contribution >= 0.6 is 11.6 Å². The van der Waals surface area contributed by atoms with Crippen molar-refractivity contribution < 1.29 is 9.18 Å². The lowest BCUT2D eigenvalue weighted by molar-refractivity contribution is -0.105. The molecular weight excluding hydrogens is 343 g/mol. The number of amides is 1. The van der Waals surface area contributed by atoms with Gasteiger partial charge in [0.15, 0.2) is 5.82 Å². The van der Waals surface area contributed by atoms with E-state index in [2.05, 4.69) is 33.7 Å². The molecule has 0 fully saturated rings. The first kappa shape index (κ1) is 16.0. The summed E-state index contributed by atoms with van der Waals surface area (Å²) in [6, 6.07) is 4.95. The Kier molecular flexibility index (Phi) is 3.54. The van der Waals surface area contributed by atoms with E-state index < -0.39 is 0 Å². The predicted octanol–water partition coefficient (Wildman–Crippen LogP) is 4.14. The first-order valence-electron chi connectivity index (χ1n) is 7.98. The lowest BCUT2D eigenvalue weighted by Crippen LogP contribution is -2.21. The van der Waals surface area contributed by atoms with Crippen molar-refractivity contribution in [2.24, 2.45) is 0 Å². The largest absolute Gasteiger partial charge is 0.322 e. The lowest BCUT2D eigenvalue weighted by atomic mass is 10.0. The zero-order valence-corrected chi connectivity index (χ0v) is 14.6. The van der Waals surface area contributed by atoms with Crippen LogP contribution in [-0.2, 0) is 16.8 Å². The molecule has 2 aromatic heterocycles. The number of carbonyl (C=O) groups excluding carboxylic acids is 1. The average molecular weight is 359 g/mol. The highest BCUT2D eigenvalue weighted by Gasteiger charge is 2.33. The van der Waals surface area contributed by atoms with Crippen LogP contribution in [0.4, 0.5) is 10.2 Å². The van der Waals surface area contributed by atoms with Crippen molar-refractivity contribution in [3.63, 3.8) is 0 Å². The molecule has 7 heteroatoms. The van der Waals surface area contributed by atoms with Gasteiger partial charge in [0.25, 0.3) is 0 Å². The molecule has 0 aliphatic carbocycles. The highest BCUT2D eigenvalue weighted by Crippen LogP contribution is 2.39. The molecule has 1 aromatic carbocycles. The third-order valence-corrected chi connectivity index (χ3v) is 5.02. The van der Waals surface area contributed by atoms with Crippen LogP contribution < -0.4 is 5.32 Å². The quantitative estimate of drug-likeness (QED) is 0.716. The molecule has 0 bridgehead atoms. The maximum Gasteiger partial charge on any atom is 0.212 e. The SMILES string of the molecule is CC1(C)CCc2nc3c(F)cc(-c4cc(NC=O)ncc4Cl)cc3n21. The Labute approximate surface area is 148 Å². The van der Waals surface area contributed by atoms with Crippen molar-refractivity contribution in [3.05, 3.63) is 41.1 Å². The van der Waals surface area contributed by atoms with E-state index in [1.807, 2.05) is 6.07 Å². The highest BCUT2D eigenvalue weighted by atomic mass is 35.5. The zero-order valence-electron chi connectivity index (χ0n) is 13.8. The number of hydrogen-bond acceptors (Lipinski definition) is 3. The minimum atomic E-state index is -0.386. The molecule has 0 radical (unpaired) electrons. The van der Waals surface area contributed by atoms with Crippen LogP contribution in [0.1, 0.15) is 26.1 Å². The van der Waals surface area contributed by atoms with E-state index in [9.17, 15) is 9.18 Å². The number of anilines is 1. The van der Waals surface area contributed by atoms with E-state index in [0.717, 1.165) is 24.2 Å². The molecule has 0 saturated carbocycles. The van der Waals surface area contributed by atoms with Crippen LogP contribution in [0.5, 0.6) is 0 Å². The predicted molar refractivity (Wildman–Crippen MR) is 95.3 cm³/mol. The van der Waals surface area contributed by atoms with Crippen molar-refractivity contribution in [2.75, 3.05) is 5.32 Å². The molecule has 1 aliphatic heterocycles. The van der Waals surface area contributed by atoms with E-state index in [-0.39, 0.29) is 11.4 Å². The van der Waals surface area contributed by atoms with Gasteiger partial charge >= 0.3 is 0 Å². The van der Waals surface area contributed by atoms with Crippen LogP contribution in [0.3, 0.4) is 0 Å². The highest BCUT2D eigenvalue weighted by molar-refractivity contribution is 6.33. The summed E-state index contributed by atoms with van der Waals surface area (Å²) in [6.45, 7) is 4.25. The number of aromatic nitrogens is 3. The number of aryl methyl sites for hydroxylation is 1. The van der Waals surface area contributed by atoms with E-state index in [4.69, 9.17) is 11.6 Å². The van der Waals surface area contributed by atoms with Gasteiger partial charge in [0, 0.05) is 23.7 Å². The van der Waals surface area contributed by atoms with Crippen molar-refractivity contribution in [3.8, 4) is 11.1 Å². The molecular formula is C18H16ClFN4O. The van der Waals surface area contributed by atoms with Gasteiger partial charge in [0.05, 0.1) is 10.5 Å². The van der Waals surface area contributed by atoms with Crippen LogP contribution in [0.2, 0.25) is 5.02 Å². The minimum Gasteiger partial charge on any atom is -0.322 e. The summed E-state index contributed by atoms with van der Waals surface area (Å²) in [5.74, 6) is 0.872. The van der Waals surface area contributed by atoms with Crippen LogP contribution in [0.25, 0.3) is 22.2 Å². The smallest absolute Gasteiger partial charge is 0.212 e. The standard InChI is InChI=1S/C18H16ClFN4O/c1-18(2)4-3-16-23-17-13(20)5-10(6-14(17)24(16)18)11-7-15(22-9-25)21-8-12(11)19/h5-9H,3-4H2,1-2H3,(H,21,22,25). The summed E-state index contributed by atoms with van der Waals surface area (Å²) in [7, 11) is 0. The molecule has 5 nitrogen and oxygen atoms in total. The van der Waals surface area contributed by atoms with E-state index in [0.29, 0.717) is 33.9 Å². The molecule has 1 aliphatic rings. The number of halogens is 2. The van der Waals surface area contributed by atoms with Gasteiger partial charge in [-0.3, -0.25) is 4.79 Å². The molecule has 0 spiro atoms. The van der Waals surface area contributed by atoms with Crippen LogP contribution in [0.15, 0.2) is 24.4 Å². The molecule has 1 N–H and O–H groups in total. The number of carbonyl (C=O) groups is 1. The molecule has 0 atom stereocenters. The molecule has 3 heterocycles. The lowest BCUT2D eigenvalue weighted by Gasteiger charge is -2.22. The molecule has 25 heavy (non-hydrogen) atoms. The zero-order chi connectivity index (χ0) is 17.8. The van der Waals surface area contributed by atoms with Gasteiger partial charge in [-0.2, -0.15) is 0 Å². The van der Waals surface area contributed by atoms with Crippen LogP contribution in [-0.4, -0.2) is 20.9 Å². The first-order chi connectivity index (χ1) is 11.9. The number of rotatable bonds is 3. The number of pyridine rings is 1. The second kappa shape index (κ2) is 5.52. The van der Waals surface area contributed by atoms with Gasteiger partial charge in [-0.1, -0.05) is 11.6 Å². The maximum atomic E-state index is 14.7. The van der Waals surface area contributed by atoms with E-state index in [1.165, 1.54) is 12.3 Å². The second-order valence-corrected chi connectivity index (χ2v) is 7.22. The summed E-state index contributed by atoms with van der Waals surface area (Å²) in [5, 5.41) is 2.87. The molecule has 0 unspecified atom stereocenters. The van der Waals surface area contributed by atoms with E-state index in [1.54, 1.807) is 6.07 Å². The maximum absolute atomic E-state index is 14.7. The van der Waals surface area contributed by atoms with Crippen LogP contribution in [0, 0.1) is 5.82 Å². The summed E-state index contributed by atoms with van der Waals surface area (Å²) < 4.78 is 16.8. The Morgan fingerprint density at radius 2 is 2.16 bits per heavy atom.